The van der Waals surface area contributed by atoms with Crippen molar-refractivity contribution < 1.29 is 33.4 Å². The Labute approximate surface area is 205 Å². The fourth-order valence-corrected chi connectivity index (χ4v) is 4.01. The van der Waals surface area contributed by atoms with Gasteiger partial charge >= 0.3 is 18.2 Å². The Morgan fingerprint density at radius 2 is 1.74 bits per heavy atom. The summed E-state index contributed by atoms with van der Waals surface area (Å²) in [5.74, 6) is -0.131. The van der Waals surface area contributed by atoms with Crippen LogP contribution in [0.4, 0.5) is 9.59 Å². The van der Waals surface area contributed by atoms with E-state index in [4.69, 9.17) is 19.5 Å². The quantitative estimate of drug-likeness (QED) is 0.277. The number of amides is 3. The zero-order valence-corrected chi connectivity index (χ0v) is 21.6. The van der Waals surface area contributed by atoms with Gasteiger partial charge in [0.1, 0.15) is 29.4 Å². The Hall–Kier alpha value is -2.68. The summed E-state index contributed by atoms with van der Waals surface area (Å²) in [6.07, 6.45) is -0.0404. The lowest BCUT2D eigenvalue weighted by Crippen LogP contribution is -2.48. The van der Waals surface area contributed by atoms with E-state index < -0.39 is 48.0 Å². The number of unbranched alkanes of at least 4 members (excludes halogenated alkanes) is 1. The van der Waals surface area contributed by atoms with Crippen molar-refractivity contribution in [2.24, 2.45) is 0 Å². The first-order valence-corrected chi connectivity index (χ1v) is 12.3. The van der Waals surface area contributed by atoms with E-state index in [-0.39, 0.29) is 12.3 Å². The molecule has 0 aromatic heterocycles. The molecule has 0 spiro atoms. The maximum atomic E-state index is 12.6. The highest BCUT2D eigenvalue weighted by molar-refractivity contribution is 7.99. The van der Waals surface area contributed by atoms with Crippen LogP contribution in [0.3, 0.4) is 0 Å². The summed E-state index contributed by atoms with van der Waals surface area (Å²) in [5, 5.41) is 13.9. The molecule has 0 bridgehead atoms. The third kappa shape index (κ3) is 11.4. The van der Waals surface area contributed by atoms with Crippen LogP contribution in [0.1, 0.15) is 60.8 Å². The number of rotatable bonds is 9. The number of hydrogen-bond donors (Lipinski definition) is 2. The van der Waals surface area contributed by atoms with Crippen LogP contribution in [-0.4, -0.2) is 77.0 Å². The Morgan fingerprint density at radius 3 is 2.32 bits per heavy atom. The fraction of sp³-hybridized carbons (Fsp3) is 0.773. The van der Waals surface area contributed by atoms with Crippen molar-refractivity contribution in [2.45, 2.75) is 84.1 Å². The lowest BCUT2D eigenvalue weighted by Gasteiger charge is -2.27. The fourth-order valence-electron chi connectivity index (χ4n) is 2.87. The van der Waals surface area contributed by atoms with Gasteiger partial charge in [0.05, 0.1) is 5.88 Å². The van der Waals surface area contributed by atoms with Crippen molar-refractivity contribution in [3.05, 3.63) is 0 Å². The molecule has 2 unspecified atom stereocenters. The van der Waals surface area contributed by atoms with Gasteiger partial charge < -0.3 is 24.8 Å². The van der Waals surface area contributed by atoms with Gasteiger partial charge in [-0.3, -0.25) is 9.69 Å². The molecular weight excluding hydrogens is 464 g/mol. The molecule has 2 atom stereocenters. The van der Waals surface area contributed by atoms with Gasteiger partial charge in [0.15, 0.2) is 6.61 Å². The highest BCUT2D eigenvalue weighted by Gasteiger charge is 2.37. The molecule has 0 aromatic rings. The highest BCUT2D eigenvalue weighted by atomic mass is 32.2. The molecule has 34 heavy (non-hydrogen) atoms. The van der Waals surface area contributed by atoms with E-state index in [2.05, 4.69) is 10.6 Å². The number of esters is 1. The van der Waals surface area contributed by atoms with Gasteiger partial charge in [-0.25, -0.2) is 14.4 Å². The molecule has 0 radical (unpaired) electrons. The van der Waals surface area contributed by atoms with Gasteiger partial charge in [0.2, 0.25) is 5.91 Å². The minimum atomic E-state index is -0.979. The van der Waals surface area contributed by atoms with Crippen LogP contribution in [-0.2, 0) is 23.8 Å². The molecule has 1 aliphatic heterocycles. The second-order valence-corrected chi connectivity index (χ2v) is 10.7. The predicted octanol–water partition coefficient (Wildman–Crippen LogP) is 2.54. The molecule has 1 aliphatic rings. The number of hydrogen-bond acceptors (Lipinski definition) is 9. The molecule has 0 saturated carbocycles. The van der Waals surface area contributed by atoms with Crippen molar-refractivity contribution >= 4 is 35.8 Å². The second kappa shape index (κ2) is 13.3. The molecule has 11 nitrogen and oxygen atoms in total. The molecule has 1 saturated heterocycles. The first-order chi connectivity index (χ1) is 15.7. The van der Waals surface area contributed by atoms with Crippen LogP contribution >= 0.6 is 11.8 Å². The first kappa shape index (κ1) is 29.4. The van der Waals surface area contributed by atoms with E-state index in [1.54, 1.807) is 47.6 Å². The van der Waals surface area contributed by atoms with Gasteiger partial charge in [0.25, 0.3) is 0 Å². The van der Waals surface area contributed by atoms with Crippen LogP contribution in [0.15, 0.2) is 0 Å². The molecule has 0 aliphatic carbocycles. The highest BCUT2D eigenvalue weighted by Crippen LogP contribution is 2.23. The zero-order valence-electron chi connectivity index (χ0n) is 20.8. The molecule has 2 N–H and O–H groups in total. The Morgan fingerprint density at radius 1 is 1.09 bits per heavy atom. The minimum absolute atomic E-state index is 0.239. The van der Waals surface area contributed by atoms with E-state index in [0.29, 0.717) is 31.0 Å². The number of nitriles is 1. The Balaban J connectivity index is 2.51. The van der Waals surface area contributed by atoms with E-state index in [1.807, 2.05) is 0 Å². The van der Waals surface area contributed by atoms with E-state index in [9.17, 15) is 19.2 Å². The van der Waals surface area contributed by atoms with Gasteiger partial charge in [0, 0.05) is 12.3 Å². The third-order valence-electron chi connectivity index (χ3n) is 4.29. The Kier molecular flexibility index (Phi) is 11.5. The number of alkyl carbamates (subject to hydrolysis) is 1. The molecule has 1 heterocycles. The number of nitrogens with zero attached hydrogens (tertiary/aromatic N) is 2. The van der Waals surface area contributed by atoms with Gasteiger partial charge in [-0.15, -0.1) is 11.8 Å². The number of thioether (sulfide) groups is 1. The average Bonchev–Trinajstić information content (AvgIpc) is 3.18. The number of carbonyl (C=O) groups is 4. The summed E-state index contributed by atoms with van der Waals surface area (Å²) < 4.78 is 15.4. The summed E-state index contributed by atoms with van der Waals surface area (Å²) in [5.41, 5.74) is -1.38. The van der Waals surface area contributed by atoms with Gasteiger partial charge in [-0.05, 0) is 60.8 Å². The summed E-state index contributed by atoms with van der Waals surface area (Å²) in [6, 6.07) is 0.124. The maximum absolute atomic E-state index is 12.6. The van der Waals surface area contributed by atoms with Gasteiger partial charge in [-0.2, -0.15) is 5.26 Å². The van der Waals surface area contributed by atoms with E-state index >= 15 is 0 Å². The molecule has 0 aromatic carbocycles. The monoisotopic (exact) mass is 500 g/mol. The summed E-state index contributed by atoms with van der Waals surface area (Å²) in [6.45, 7) is 10.3. The molecule has 3 amide bonds. The normalized spacial score (nSPS) is 16.7. The molecule has 1 rings (SSSR count). The lowest BCUT2D eigenvalue weighted by atomic mass is 10.1. The average molecular weight is 501 g/mol. The minimum Gasteiger partial charge on any atom is -0.449 e. The summed E-state index contributed by atoms with van der Waals surface area (Å²) >= 11 is 1.48. The van der Waals surface area contributed by atoms with Crippen LogP contribution in [0.25, 0.3) is 0 Å². The molecule has 12 heteroatoms. The van der Waals surface area contributed by atoms with Crippen molar-refractivity contribution in [2.75, 3.05) is 24.8 Å². The number of carbonyl (C=O) groups excluding carboxylic acids is 4. The van der Waals surface area contributed by atoms with Crippen molar-refractivity contribution in [3.8, 4) is 6.07 Å². The lowest BCUT2D eigenvalue weighted by molar-refractivity contribution is -0.145. The standard InChI is InChI=1S/C22H36N4O7S/c1-21(2,3)32-19(29)25-15(18(28)31-12-10-23)9-7-8-11-24-17(27)16-13-34-14-26(16)20(30)33-22(4,5)6/h15-16H,7-9,11-14H2,1-6H3,(H,24,27)(H,25,29). The largest absolute Gasteiger partial charge is 0.449 e. The first-order valence-electron chi connectivity index (χ1n) is 11.1. The Bertz CT molecular complexity index is 771. The van der Waals surface area contributed by atoms with E-state index in [0.717, 1.165) is 0 Å². The van der Waals surface area contributed by atoms with Gasteiger partial charge in [-0.1, -0.05) is 0 Å². The van der Waals surface area contributed by atoms with Crippen LogP contribution in [0.2, 0.25) is 0 Å². The molecule has 192 valence electrons. The van der Waals surface area contributed by atoms with Crippen LogP contribution in [0.5, 0.6) is 0 Å². The smallest absolute Gasteiger partial charge is 0.411 e. The summed E-state index contributed by atoms with van der Waals surface area (Å²) in [4.78, 5) is 50.6. The second-order valence-electron chi connectivity index (χ2n) is 9.72. The third-order valence-corrected chi connectivity index (χ3v) is 5.30. The predicted molar refractivity (Wildman–Crippen MR) is 126 cm³/mol. The topological polar surface area (TPSA) is 147 Å². The molecule has 1 fully saturated rings. The van der Waals surface area contributed by atoms with E-state index in [1.165, 1.54) is 16.7 Å². The van der Waals surface area contributed by atoms with Crippen molar-refractivity contribution in [1.82, 2.24) is 15.5 Å². The van der Waals surface area contributed by atoms with Crippen molar-refractivity contribution in [3.63, 3.8) is 0 Å². The zero-order chi connectivity index (χ0) is 25.9. The number of ether oxygens (including phenoxy) is 3. The SMILES string of the molecule is CC(C)(C)OC(=O)NC(CCCCNC(=O)C1CSCN1C(=O)OC(C)(C)C)C(=O)OCC#N. The maximum Gasteiger partial charge on any atom is 0.411 e. The molecular formula is C22H36N4O7S. The van der Waals surface area contributed by atoms with Crippen molar-refractivity contribution in [1.29, 1.82) is 5.26 Å². The van der Waals surface area contributed by atoms with Crippen LogP contribution in [0, 0.1) is 11.3 Å². The summed E-state index contributed by atoms with van der Waals surface area (Å²) in [7, 11) is 0. The number of nitrogens with one attached hydrogen (secondary N) is 2. The van der Waals surface area contributed by atoms with Crippen LogP contribution < -0.4 is 10.6 Å².